The Morgan fingerprint density at radius 3 is 2.56 bits per heavy atom. The van der Waals surface area contributed by atoms with Gasteiger partial charge in [-0.15, -0.1) is 12.4 Å². The molecular weight excluding hydrogens is 276 g/mol. The fraction of sp³-hybridized carbons (Fsp3) is 0.909. The number of nitrogens with zero attached hydrogens (tertiary/aromatic N) is 1. The first-order valence-corrected chi connectivity index (χ1v) is 8.13. The lowest BCUT2D eigenvalue weighted by Gasteiger charge is -2.40. The van der Waals surface area contributed by atoms with Gasteiger partial charge in [-0.05, 0) is 12.8 Å². The van der Waals surface area contributed by atoms with Crippen LogP contribution >= 0.6 is 12.4 Å². The van der Waals surface area contributed by atoms with Crippen molar-refractivity contribution in [2.45, 2.75) is 31.3 Å². The number of fused-ring (bicyclic) bond motifs is 1. The number of hydrogen-bond donors (Lipinski definition) is 1. The summed E-state index contributed by atoms with van der Waals surface area (Å²) in [4.78, 5) is 14.1. The van der Waals surface area contributed by atoms with E-state index in [0.717, 1.165) is 25.8 Å². The molecule has 1 saturated carbocycles. The minimum absolute atomic E-state index is 0. The van der Waals surface area contributed by atoms with Crippen LogP contribution in [0.4, 0.5) is 0 Å². The van der Waals surface area contributed by atoms with Crippen molar-refractivity contribution < 1.29 is 13.2 Å². The fourth-order valence-electron chi connectivity index (χ4n) is 3.03. The van der Waals surface area contributed by atoms with Gasteiger partial charge in [-0.3, -0.25) is 4.79 Å². The van der Waals surface area contributed by atoms with Crippen molar-refractivity contribution in [3.8, 4) is 0 Å². The van der Waals surface area contributed by atoms with Crippen molar-refractivity contribution in [1.82, 2.24) is 10.2 Å². The Bertz CT molecular complexity index is 436. The number of sulfone groups is 1. The van der Waals surface area contributed by atoms with Gasteiger partial charge < -0.3 is 10.2 Å². The monoisotopic (exact) mass is 294 g/mol. The Morgan fingerprint density at radius 2 is 1.94 bits per heavy atom. The lowest BCUT2D eigenvalue weighted by atomic mass is 9.83. The number of amides is 1. The summed E-state index contributed by atoms with van der Waals surface area (Å²) in [5.41, 5.74) is 0. The van der Waals surface area contributed by atoms with Crippen LogP contribution in [-0.4, -0.2) is 55.9 Å². The maximum Gasteiger partial charge on any atom is 0.226 e. The number of rotatable bonds is 1. The zero-order valence-corrected chi connectivity index (χ0v) is 11.8. The summed E-state index contributed by atoms with van der Waals surface area (Å²) >= 11 is 0. The number of piperazine rings is 1. The average molecular weight is 295 g/mol. The Balaban J connectivity index is 0.00000120. The minimum Gasteiger partial charge on any atom is -0.336 e. The third kappa shape index (κ3) is 2.38. The number of nitrogens with one attached hydrogen (secondary N) is 1. The molecule has 3 fully saturated rings. The number of halogens is 1. The van der Waals surface area contributed by atoms with Crippen LogP contribution in [0.15, 0.2) is 0 Å². The molecule has 0 spiro atoms. The van der Waals surface area contributed by atoms with E-state index in [1.54, 1.807) is 0 Å². The van der Waals surface area contributed by atoms with Gasteiger partial charge in [0.25, 0.3) is 0 Å². The van der Waals surface area contributed by atoms with E-state index in [9.17, 15) is 13.2 Å². The van der Waals surface area contributed by atoms with E-state index in [0.29, 0.717) is 6.54 Å². The van der Waals surface area contributed by atoms with Gasteiger partial charge in [0.1, 0.15) is 0 Å². The highest BCUT2D eigenvalue weighted by Crippen LogP contribution is 2.31. The van der Waals surface area contributed by atoms with Crippen LogP contribution in [0.25, 0.3) is 0 Å². The third-order valence-electron chi connectivity index (χ3n) is 4.22. The third-order valence-corrected chi connectivity index (χ3v) is 5.94. The van der Waals surface area contributed by atoms with Gasteiger partial charge in [-0.25, -0.2) is 8.42 Å². The summed E-state index contributed by atoms with van der Waals surface area (Å²) in [5, 5.41) is 3.22. The molecule has 0 aromatic carbocycles. The molecule has 1 amide bonds. The second kappa shape index (κ2) is 4.98. The molecule has 0 aromatic heterocycles. The highest BCUT2D eigenvalue weighted by Gasteiger charge is 2.46. The summed E-state index contributed by atoms with van der Waals surface area (Å²) in [6.45, 7) is 1.38. The van der Waals surface area contributed by atoms with E-state index in [1.807, 2.05) is 4.90 Å². The van der Waals surface area contributed by atoms with Crippen molar-refractivity contribution in [1.29, 1.82) is 0 Å². The zero-order valence-electron chi connectivity index (χ0n) is 10.2. The Kier molecular flexibility index (Phi) is 3.90. The standard InChI is InChI=1S/C11H18N2O3S.ClH/c14-11(8-2-1-3-8)13-5-4-12-9-6-17(15,16)7-10(9)13;/h8-10,12H,1-7H2;1H/t9-,10+;/m0./s1. The first-order valence-electron chi connectivity index (χ1n) is 6.31. The summed E-state index contributed by atoms with van der Waals surface area (Å²) < 4.78 is 23.3. The van der Waals surface area contributed by atoms with E-state index in [2.05, 4.69) is 5.32 Å². The first kappa shape index (κ1) is 14.1. The van der Waals surface area contributed by atoms with Crippen LogP contribution in [0.3, 0.4) is 0 Å². The van der Waals surface area contributed by atoms with Gasteiger partial charge in [0, 0.05) is 25.0 Å². The van der Waals surface area contributed by atoms with Crippen LogP contribution in [0.1, 0.15) is 19.3 Å². The molecule has 1 N–H and O–H groups in total. The van der Waals surface area contributed by atoms with E-state index >= 15 is 0 Å². The van der Waals surface area contributed by atoms with Gasteiger partial charge in [0.2, 0.25) is 5.91 Å². The molecule has 0 aromatic rings. The van der Waals surface area contributed by atoms with Gasteiger partial charge in [-0.1, -0.05) is 6.42 Å². The van der Waals surface area contributed by atoms with Gasteiger partial charge in [0.15, 0.2) is 9.84 Å². The molecule has 5 nitrogen and oxygen atoms in total. The van der Waals surface area contributed by atoms with Crippen LogP contribution in [0.5, 0.6) is 0 Å². The SMILES string of the molecule is Cl.O=C(C1CCC1)N1CCN[C@H]2CS(=O)(=O)C[C@H]21. The lowest BCUT2D eigenvalue weighted by molar-refractivity contribution is -0.141. The Hall–Kier alpha value is -0.330. The average Bonchev–Trinajstić information content (AvgIpc) is 2.47. The predicted molar refractivity (Wildman–Crippen MR) is 70.5 cm³/mol. The smallest absolute Gasteiger partial charge is 0.226 e. The van der Waals surface area contributed by atoms with Crippen LogP contribution in [-0.2, 0) is 14.6 Å². The largest absolute Gasteiger partial charge is 0.336 e. The molecule has 0 unspecified atom stereocenters. The Morgan fingerprint density at radius 1 is 1.22 bits per heavy atom. The molecule has 0 bridgehead atoms. The predicted octanol–water partition coefficient (Wildman–Crippen LogP) is -0.194. The van der Waals surface area contributed by atoms with Crippen molar-refractivity contribution in [3.05, 3.63) is 0 Å². The topological polar surface area (TPSA) is 66.5 Å². The fourth-order valence-corrected chi connectivity index (χ4v) is 4.99. The van der Waals surface area contributed by atoms with Gasteiger partial charge in [-0.2, -0.15) is 0 Å². The van der Waals surface area contributed by atoms with E-state index in [4.69, 9.17) is 0 Å². The zero-order chi connectivity index (χ0) is 12.0. The van der Waals surface area contributed by atoms with Crippen molar-refractivity contribution >= 4 is 28.2 Å². The quantitative estimate of drug-likeness (QED) is 0.728. The second-order valence-corrected chi connectivity index (χ2v) is 7.52. The number of hydrogen-bond acceptors (Lipinski definition) is 4. The molecule has 3 aliphatic rings. The lowest BCUT2D eigenvalue weighted by Crippen LogP contribution is -2.60. The summed E-state index contributed by atoms with van der Waals surface area (Å²) in [6, 6.07) is -0.167. The molecule has 1 aliphatic carbocycles. The summed E-state index contributed by atoms with van der Waals surface area (Å²) in [7, 11) is -2.97. The Labute approximate surface area is 114 Å². The summed E-state index contributed by atoms with van der Waals surface area (Å²) in [5.74, 6) is 0.678. The molecule has 2 aliphatic heterocycles. The van der Waals surface area contributed by atoms with Crippen molar-refractivity contribution in [3.63, 3.8) is 0 Å². The minimum atomic E-state index is -2.97. The van der Waals surface area contributed by atoms with Crippen LogP contribution in [0.2, 0.25) is 0 Å². The molecule has 2 saturated heterocycles. The van der Waals surface area contributed by atoms with Crippen molar-refractivity contribution in [2.24, 2.45) is 5.92 Å². The highest BCUT2D eigenvalue weighted by molar-refractivity contribution is 7.91. The molecule has 104 valence electrons. The van der Waals surface area contributed by atoms with Crippen LogP contribution < -0.4 is 5.32 Å². The van der Waals surface area contributed by atoms with Crippen LogP contribution in [0, 0.1) is 5.92 Å². The number of carbonyl (C=O) groups excluding carboxylic acids is 1. The van der Waals surface area contributed by atoms with E-state index in [-0.39, 0.29) is 47.8 Å². The second-order valence-electron chi connectivity index (χ2n) is 5.36. The normalized spacial score (nSPS) is 34.3. The molecule has 3 rings (SSSR count). The van der Waals surface area contributed by atoms with E-state index in [1.165, 1.54) is 0 Å². The van der Waals surface area contributed by atoms with Gasteiger partial charge >= 0.3 is 0 Å². The van der Waals surface area contributed by atoms with Gasteiger partial charge in [0.05, 0.1) is 17.5 Å². The molecular formula is C11H19ClN2O3S. The molecule has 2 heterocycles. The number of carbonyl (C=O) groups is 1. The maximum atomic E-state index is 12.2. The highest BCUT2D eigenvalue weighted by atomic mass is 35.5. The van der Waals surface area contributed by atoms with Crippen molar-refractivity contribution in [2.75, 3.05) is 24.6 Å². The molecule has 0 radical (unpaired) electrons. The molecule has 2 atom stereocenters. The first-order chi connectivity index (χ1) is 8.07. The summed E-state index contributed by atoms with van der Waals surface area (Å²) in [6.07, 6.45) is 3.09. The molecule has 18 heavy (non-hydrogen) atoms. The molecule has 7 heteroatoms. The van der Waals surface area contributed by atoms with E-state index < -0.39 is 9.84 Å². The maximum absolute atomic E-state index is 12.2.